The SMILES string of the molecule is NC(CS)c1ccc2c(c1)CCC2. The van der Waals surface area contributed by atoms with Crippen LogP contribution in [-0.4, -0.2) is 5.75 Å². The molecular formula is C11H15NS. The van der Waals surface area contributed by atoms with Crippen molar-refractivity contribution in [1.29, 1.82) is 0 Å². The number of thiol groups is 1. The van der Waals surface area contributed by atoms with Crippen molar-refractivity contribution in [2.75, 3.05) is 5.75 Å². The fourth-order valence-electron chi connectivity index (χ4n) is 1.93. The first kappa shape index (κ1) is 9.10. The summed E-state index contributed by atoms with van der Waals surface area (Å²) in [4.78, 5) is 0. The molecule has 0 bridgehead atoms. The van der Waals surface area contributed by atoms with Crippen LogP contribution in [0.2, 0.25) is 0 Å². The third-order valence-electron chi connectivity index (χ3n) is 2.75. The molecule has 0 amide bonds. The standard InChI is InChI=1S/C11H15NS/c12-11(7-13)10-5-4-8-2-1-3-9(8)6-10/h4-6,11,13H,1-3,7,12H2. The molecule has 1 aliphatic rings. The molecular weight excluding hydrogens is 178 g/mol. The summed E-state index contributed by atoms with van der Waals surface area (Å²) in [6, 6.07) is 6.71. The molecule has 0 saturated heterocycles. The summed E-state index contributed by atoms with van der Waals surface area (Å²) < 4.78 is 0. The number of nitrogens with two attached hydrogens (primary N) is 1. The van der Waals surface area contributed by atoms with Gasteiger partial charge < -0.3 is 5.73 Å². The zero-order valence-electron chi connectivity index (χ0n) is 7.66. The predicted octanol–water partition coefficient (Wildman–Crippen LogP) is 2.10. The van der Waals surface area contributed by atoms with Gasteiger partial charge in [-0.1, -0.05) is 18.2 Å². The van der Waals surface area contributed by atoms with Crippen LogP contribution in [0.3, 0.4) is 0 Å². The number of fused-ring (bicyclic) bond motifs is 1. The van der Waals surface area contributed by atoms with E-state index >= 15 is 0 Å². The number of benzene rings is 1. The number of hydrogen-bond donors (Lipinski definition) is 2. The van der Waals surface area contributed by atoms with Gasteiger partial charge in [-0.25, -0.2) is 0 Å². The van der Waals surface area contributed by atoms with E-state index in [1.165, 1.54) is 36.0 Å². The molecule has 2 rings (SSSR count). The molecule has 0 aromatic heterocycles. The summed E-state index contributed by atoms with van der Waals surface area (Å²) in [5.41, 5.74) is 10.1. The van der Waals surface area contributed by atoms with Crippen LogP contribution < -0.4 is 5.73 Å². The molecule has 0 aliphatic heterocycles. The van der Waals surface area contributed by atoms with Crippen LogP contribution in [0.1, 0.15) is 29.2 Å². The third kappa shape index (κ3) is 1.74. The average molecular weight is 193 g/mol. The third-order valence-corrected chi connectivity index (χ3v) is 3.14. The molecule has 0 radical (unpaired) electrons. The Morgan fingerprint density at radius 1 is 1.31 bits per heavy atom. The minimum atomic E-state index is 0.0919. The first-order valence-corrected chi connectivity index (χ1v) is 5.42. The lowest BCUT2D eigenvalue weighted by molar-refractivity contribution is 0.831. The Bertz CT molecular complexity index is 309. The minimum Gasteiger partial charge on any atom is -0.323 e. The van der Waals surface area contributed by atoms with Gasteiger partial charge in [-0.3, -0.25) is 0 Å². The van der Waals surface area contributed by atoms with Crippen LogP contribution in [0, 0.1) is 0 Å². The fraction of sp³-hybridized carbons (Fsp3) is 0.455. The Labute approximate surface area is 84.7 Å². The summed E-state index contributed by atoms with van der Waals surface area (Å²) in [7, 11) is 0. The van der Waals surface area contributed by atoms with Crippen molar-refractivity contribution in [2.45, 2.75) is 25.3 Å². The van der Waals surface area contributed by atoms with Crippen molar-refractivity contribution in [1.82, 2.24) is 0 Å². The van der Waals surface area contributed by atoms with Crippen molar-refractivity contribution in [3.63, 3.8) is 0 Å². The van der Waals surface area contributed by atoms with E-state index in [0.29, 0.717) is 0 Å². The maximum atomic E-state index is 5.91. The first-order valence-electron chi connectivity index (χ1n) is 4.79. The molecule has 0 spiro atoms. The van der Waals surface area contributed by atoms with E-state index in [1.54, 1.807) is 0 Å². The highest BCUT2D eigenvalue weighted by Gasteiger charge is 2.12. The Kier molecular flexibility index (Phi) is 2.61. The maximum absolute atomic E-state index is 5.91. The quantitative estimate of drug-likeness (QED) is 0.691. The Hall–Kier alpha value is -0.470. The minimum absolute atomic E-state index is 0.0919. The van der Waals surface area contributed by atoms with Crippen LogP contribution in [0.4, 0.5) is 0 Å². The lowest BCUT2D eigenvalue weighted by Crippen LogP contribution is -2.11. The summed E-state index contributed by atoms with van der Waals surface area (Å²) in [6.45, 7) is 0. The Balaban J connectivity index is 2.30. The van der Waals surface area contributed by atoms with Gasteiger partial charge in [-0.15, -0.1) is 0 Å². The fourth-order valence-corrected chi connectivity index (χ4v) is 2.14. The molecule has 0 fully saturated rings. The van der Waals surface area contributed by atoms with E-state index in [-0.39, 0.29) is 6.04 Å². The van der Waals surface area contributed by atoms with Crippen molar-refractivity contribution < 1.29 is 0 Å². The van der Waals surface area contributed by atoms with Crippen molar-refractivity contribution in [2.24, 2.45) is 5.73 Å². The van der Waals surface area contributed by atoms with E-state index in [9.17, 15) is 0 Å². The second-order valence-electron chi connectivity index (χ2n) is 3.67. The second-order valence-corrected chi connectivity index (χ2v) is 4.04. The van der Waals surface area contributed by atoms with Gasteiger partial charge in [0, 0.05) is 11.8 Å². The molecule has 1 aliphatic carbocycles. The number of rotatable bonds is 2. The largest absolute Gasteiger partial charge is 0.323 e. The molecule has 2 N–H and O–H groups in total. The molecule has 0 saturated carbocycles. The molecule has 1 unspecified atom stereocenters. The average Bonchev–Trinajstić information content (AvgIpc) is 2.63. The number of hydrogen-bond acceptors (Lipinski definition) is 2. The lowest BCUT2D eigenvalue weighted by Gasteiger charge is -2.10. The highest BCUT2D eigenvalue weighted by Crippen LogP contribution is 2.24. The van der Waals surface area contributed by atoms with Gasteiger partial charge in [0.1, 0.15) is 0 Å². The molecule has 1 aromatic rings. The Morgan fingerprint density at radius 3 is 2.85 bits per heavy atom. The van der Waals surface area contributed by atoms with Crippen LogP contribution in [0.5, 0.6) is 0 Å². The molecule has 13 heavy (non-hydrogen) atoms. The van der Waals surface area contributed by atoms with Gasteiger partial charge in [-0.2, -0.15) is 12.6 Å². The highest BCUT2D eigenvalue weighted by molar-refractivity contribution is 7.80. The van der Waals surface area contributed by atoms with Crippen molar-refractivity contribution in [3.8, 4) is 0 Å². The lowest BCUT2D eigenvalue weighted by atomic mass is 10.0. The van der Waals surface area contributed by atoms with Gasteiger partial charge in [0.15, 0.2) is 0 Å². The topological polar surface area (TPSA) is 26.0 Å². The van der Waals surface area contributed by atoms with Gasteiger partial charge in [-0.05, 0) is 36.0 Å². The van der Waals surface area contributed by atoms with Crippen LogP contribution in [0.15, 0.2) is 18.2 Å². The molecule has 1 nitrogen and oxygen atoms in total. The maximum Gasteiger partial charge on any atom is 0.0384 e. The zero-order chi connectivity index (χ0) is 9.26. The van der Waals surface area contributed by atoms with Gasteiger partial charge in [0.05, 0.1) is 0 Å². The number of aryl methyl sites for hydroxylation is 2. The Morgan fingerprint density at radius 2 is 2.08 bits per heavy atom. The summed E-state index contributed by atoms with van der Waals surface area (Å²) in [6.07, 6.45) is 3.77. The molecule has 0 heterocycles. The zero-order valence-corrected chi connectivity index (χ0v) is 8.56. The van der Waals surface area contributed by atoms with Gasteiger partial charge in [0.2, 0.25) is 0 Å². The molecule has 1 aromatic carbocycles. The van der Waals surface area contributed by atoms with Crippen molar-refractivity contribution in [3.05, 3.63) is 34.9 Å². The van der Waals surface area contributed by atoms with Crippen molar-refractivity contribution >= 4 is 12.6 Å². The van der Waals surface area contributed by atoms with E-state index in [0.717, 1.165) is 5.75 Å². The second kappa shape index (κ2) is 3.72. The summed E-state index contributed by atoms with van der Waals surface area (Å²) in [5.74, 6) is 0.721. The molecule has 2 heteroatoms. The molecule has 1 atom stereocenters. The van der Waals surface area contributed by atoms with Crippen LogP contribution in [-0.2, 0) is 12.8 Å². The smallest absolute Gasteiger partial charge is 0.0384 e. The molecule has 70 valence electrons. The summed E-state index contributed by atoms with van der Waals surface area (Å²) in [5, 5.41) is 0. The van der Waals surface area contributed by atoms with E-state index < -0.39 is 0 Å². The first-order chi connectivity index (χ1) is 6.31. The van der Waals surface area contributed by atoms with E-state index in [4.69, 9.17) is 5.73 Å². The monoisotopic (exact) mass is 193 g/mol. The summed E-state index contributed by atoms with van der Waals surface area (Å²) >= 11 is 4.21. The normalized spacial score (nSPS) is 17.1. The van der Waals surface area contributed by atoms with E-state index in [1.807, 2.05) is 0 Å². The van der Waals surface area contributed by atoms with E-state index in [2.05, 4.69) is 30.8 Å². The van der Waals surface area contributed by atoms with Crippen LogP contribution in [0.25, 0.3) is 0 Å². The van der Waals surface area contributed by atoms with Gasteiger partial charge in [0.25, 0.3) is 0 Å². The highest BCUT2D eigenvalue weighted by atomic mass is 32.1. The predicted molar refractivity (Wildman–Crippen MR) is 59.2 cm³/mol. The van der Waals surface area contributed by atoms with Gasteiger partial charge >= 0.3 is 0 Å². The van der Waals surface area contributed by atoms with Crippen LogP contribution >= 0.6 is 12.6 Å².